The smallest absolute Gasteiger partial charge is 0.273 e. The van der Waals surface area contributed by atoms with Crippen LogP contribution in [0, 0.1) is 10.1 Å². The Kier molecular flexibility index (Phi) is 7.73. The molecule has 0 aliphatic carbocycles. The summed E-state index contributed by atoms with van der Waals surface area (Å²) in [5.41, 5.74) is 0.857. The van der Waals surface area contributed by atoms with Crippen molar-refractivity contribution in [3.05, 3.63) is 74.8 Å². The second-order valence-corrected chi connectivity index (χ2v) is 7.42. The molecule has 0 radical (unpaired) electrons. The number of nitrogens with one attached hydrogen (secondary N) is 1. The third-order valence-electron chi connectivity index (χ3n) is 4.43. The largest absolute Gasteiger partial charge is 0.352 e. The number of carbonyl (C=O) groups excluding carboxylic acids is 2. The van der Waals surface area contributed by atoms with E-state index in [4.69, 9.17) is 11.6 Å². The molecule has 0 unspecified atom stereocenters. The van der Waals surface area contributed by atoms with Gasteiger partial charge < -0.3 is 10.2 Å². The van der Waals surface area contributed by atoms with Gasteiger partial charge in [0.25, 0.3) is 5.69 Å². The van der Waals surface area contributed by atoms with Crippen LogP contribution in [0.1, 0.15) is 31.9 Å². The highest BCUT2D eigenvalue weighted by atomic mass is 35.5. The molecule has 0 heterocycles. The molecule has 0 spiro atoms. The molecule has 0 aromatic heterocycles. The minimum Gasteiger partial charge on any atom is -0.352 e. The summed E-state index contributed by atoms with van der Waals surface area (Å²) in [7, 11) is 0. The number of benzene rings is 2. The van der Waals surface area contributed by atoms with Gasteiger partial charge in [-0.15, -0.1) is 0 Å². The van der Waals surface area contributed by atoms with Gasteiger partial charge in [0.15, 0.2) is 0 Å². The summed E-state index contributed by atoms with van der Waals surface area (Å²) in [6.45, 7) is 5.41. The van der Waals surface area contributed by atoms with Gasteiger partial charge in [0.05, 0.1) is 11.3 Å². The third kappa shape index (κ3) is 6.02. The average molecular weight is 418 g/mol. The maximum absolute atomic E-state index is 13.1. The fourth-order valence-electron chi connectivity index (χ4n) is 2.90. The lowest BCUT2D eigenvalue weighted by molar-refractivity contribution is -0.385. The molecule has 2 aromatic carbocycles. The molecule has 2 aromatic rings. The van der Waals surface area contributed by atoms with E-state index in [-0.39, 0.29) is 30.6 Å². The summed E-state index contributed by atoms with van der Waals surface area (Å²) < 4.78 is 0. The van der Waals surface area contributed by atoms with Gasteiger partial charge in [0.1, 0.15) is 6.04 Å². The SMILES string of the molecule is CC(C)NC(=O)[C@@H](C)N(Cc1ccccc1Cl)C(=O)Cc1ccccc1[N+](=O)[O-]. The van der Waals surface area contributed by atoms with E-state index >= 15 is 0 Å². The number of hydrogen-bond acceptors (Lipinski definition) is 4. The Labute approximate surface area is 174 Å². The van der Waals surface area contributed by atoms with Crippen molar-refractivity contribution in [1.29, 1.82) is 0 Å². The maximum atomic E-state index is 13.1. The molecule has 0 saturated carbocycles. The van der Waals surface area contributed by atoms with E-state index in [1.807, 2.05) is 13.8 Å². The Hall–Kier alpha value is -2.93. The van der Waals surface area contributed by atoms with Crippen molar-refractivity contribution in [2.45, 2.75) is 45.8 Å². The topological polar surface area (TPSA) is 92.6 Å². The second-order valence-electron chi connectivity index (χ2n) is 7.01. The van der Waals surface area contributed by atoms with Crippen LogP contribution in [0.5, 0.6) is 0 Å². The molecule has 0 saturated heterocycles. The number of nitro benzene ring substituents is 1. The molecule has 0 bridgehead atoms. The minimum absolute atomic E-state index is 0.0857. The molecule has 0 aliphatic heterocycles. The first-order valence-corrected chi connectivity index (χ1v) is 9.64. The van der Waals surface area contributed by atoms with Crippen LogP contribution in [-0.4, -0.2) is 33.7 Å². The minimum atomic E-state index is -0.774. The molecular formula is C21H24ClN3O4. The number of halogens is 1. The van der Waals surface area contributed by atoms with E-state index in [0.29, 0.717) is 16.1 Å². The van der Waals surface area contributed by atoms with Gasteiger partial charge in [-0.05, 0) is 32.4 Å². The first kappa shape index (κ1) is 22.4. The lowest BCUT2D eigenvalue weighted by Crippen LogP contribution is -2.49. The van der Waals surface area contributed by atoms with Crippen LogP contribution in [0.4, 0.5) is 5.69 Å². The number of nitro groups is 1. The van der Waals surface area contributed by atoms with Gasteiger partial charge in [-0.25, -0.2) is 0 Å². The molecular weight excluding hydrogens is 394 g/mol. The summed E-state index contributed by atoms with van der Waals surface area (Å²) in [6, 6.07) is 12.3. The molecule has 1 N–H and O–H groups in total. The highest BCUT2D eigenvalue weighted by Crippen LogP contribution is 2.22. The van der Waals surface area contributed by atoms with Gasteiger partial charge in [-0.2, -0.15) is 0 Å². The first-order chi connectivity index (χ1) is 13.7. The lowest BCUT2D eigenvalue weighted by atomic mass is 10.1. The Morgan fingerprint density at radius 2 is 1.66 bits per heavy atom. The van der Waals surface area contributed by atoms with Crippen LogP contribution in [0.3, 0.4) is 0 Å². The standard InChI is InChI=1S/C21H24ClN3O4/c1-14(2)23-21(27)15(3)24(13-17-9-4-6-10-18(17)22)20(26)12-16-8-5-7-11-19(16)25(28)29/h4-11,14-15H,12-13H2,1-3H3,(H,23,27)/t15-/m1/s1. The number of hydrogen-bond donors (Lipinski definition) is 1. The fourth-order valence-corrected chi connectivity index (χ4v) is 3.10. The predicted molar refractivity (Wildman–Crippen MR) is 112 cm³/mol. The molecule has 2 amide bonds. The highest BCUT2D eigenvalue weighted by Gasteiger charge is 2.28. The summed E-state index contributed by atoms with van der Waals surface area (Å²) in [5.74, 6) is -0.700. The molecule has 0 aliphatic rings. The van der Waals surface area contributed by atoms with Gasteiger partial charge in [0, 0.05) is 29.2 Å². The first-order valence-electron chi connectivity index (χ1n) is 9.26. The number of carbonyl (C=O) groups is 2. The Morgan fingerprint density at radius 3 is 2.24 bits per heavy atom. The van der Waals surface area contributed by atoms with E-state index in [1.54, 1.807) is 49.4 Å². The molecule has 8 heteroatoms. The molecule has 1 atom stereocenters. The lowest BCUT2D eigenvalue weighted by Gasteiger charge is -2.29. The summed E-state index contributed by atoms with van der Waals surface area (Å²) in [4.78, 5) is 37.8. The van der Waals surface area contributed by atoms with E-state index in [0.717, 1.165) is 0 Å². The number of rotatable bonds is 8. The van der Waals surface area contributed by atoms with E-state index in [9.17, 15) is 19.7 Å². The molecule has 0 fully saturated rings. The number of nitrogens with zero attached hydrogens (tertiary/aromatic N) is 2. The van der Waals surface area contributed by atoms with Crippen molar-refractivity contribution < 1.29 is 14.5 Å². The molecule has 7 nitrogen and oxygen atoms in total. The second kappa shape index (κ2) is 10.0. The zero-order valence-electron chi connectivity index (χ0n) is 16.6. The van der Waals surface area contributed by atoms with Crippen LogP contribution < -0.4 is 5.32 Å². The Morgan fingerprint density at radius 1 is 1.07 bits per heavy atom. The Bertz CT molecular complexity index is 901. The van der Waals surface area contributed by atoms with Crippen molar-refractivity contribution in [1.82, 2.24) is 10.2 Å². The van der Waals surface area contributed by atoms with Crippen molar-refractivity contribution in [3.8, 4) is 0 Å². The summed E-state index contributed by atoms with van der Waals surface area (Å²) in [5, 5.41) is 14.5. The Balaban J connectivity index is 2.33. The summed E-state index contributed by atoms with van der Waals surface area (Å²) >= 11 is 6.24. The van der Waals surface area contributed by atoms with Crippen molar-refractivity contribution in [2.75, 3.05) is 0 Å². The number of amides is 2. The van der Waals surface area contributed by atoms with Crippen LogP contribution in [0.25, 0.3) is 0 Å². The van der Waals surface area contributed by atoms with Gasteiger partial charge >= 0.3 is 0 Å². The average Bonchev–Trinajstić information content (AvgIpc) is 2.66. The third-order valence-corrected chi connectivity index (χ3v) is 4.80. The molecule has 154 valence electrons. The zero-order valence-corrected chi connectivity index (χ0v) is 17.3. The van der Waals surface area contributed by atoms with Crippen molar-refractivity contribution in [3.63, 3.8) is 0 Å². The zero-order chi connectivity index (χ0) is 21.6. The van der Waals surface area contributed by atoms with Crippen LogP contribution in [-0.2, 0) is 22.6 Å². The van der Waals surface area contributed by atoms with E-state index in [2.05, 4.69) is 5.32 Å². The molecule has 2 rings (SSSR count). The van der Waals surface area contributed by atoms with Crippen molar-refractivity contribution >= 4 is 29.1 Å². The predicted octanol–water partition coefficient (Wildman–Crippen LogP) is 3.73. The number of para-hydroxylation sites is 1. The fraction of sp³-hybridized carbons (Fsp3) is 0.333. The highest BCUT2D eigenvalue weighted by molar-refractivity contribution is 6.31. The molecule has 29 heavy (non-hydrogen) atoms. The van der Waals surface area contributed by atoms with E-state index < -0.39 is 16.9 Å². The van der Waals surface area contributed by atoms with Crippen molar-refractivity contribution in [2.24, 2.45) is 0 Å². The van der Waals surface area contributed by atoms with Gasteiger partial charge in [0.2, 0.25) is 11.8 Å². The van der Waals surface area contributed by atoms with Gasteiger partial charge in [-0.1, -0.05) is 48.0 Å². The monoisotopic (exact) mass is 417 g/mol. The van der Waals surface area contributed by atoms with Gasteiger partial charge in [-0.3, -0.25) is 19.7 Å². The van der Waals surface area contributed by atoms with Crippen LogP contribution >= 0.6 is 11.6 Å². The van der Waals surface area contributed by atoms with E-state index in [1.165, 1.54) is 11.0 Å². The quantitative estimate of drug-likeness (QED) is 0.523. The summed E-state index contributed by atoms with van der Waals surface area (Å²) in [6.07, 6.45) is -0.194. The van der Waals surface area contributed by atoms with Crippen LogP contribution in [0.2, 0.25) is 5.02 Å². The maximum Gasteiger partial charge on any atom is 0.273 e. The van der Waals surface area contributed by atoms with Crippen LogP contribution in [0.15, 0.2) is 48.5 Å². The normalized spacial score (nSPS) is 11.8.